The van der Waals surface area contributed by atoms with Crippen LogP contribution in [-0.4, -0.2) is 14.5 Å². The quantitative estimate of drug-likeness (QED) is 0.218. The largest absolute Gasteiger partial charge is 0.354 e. The lowest BCUT2D eigenvalue weighted by Gasteiger charge is -2.16. The molecule has 1 N–H and O–H groups in total. The standard InChI is InChI=1S/C40H28N4/c1-3-14-28(15-4-1)33-23-13-24-35(42-33)30-18-7-10-21-34(30)43-36-22-11-8-19-31(36)40-39-32-20-9-12-25-37(32)44(38(39)26-27-41-40)29-16-5-2-6-17-29/h1-27,43H. The minimum atomic E-state index is 0.915. The van der Waals surface area contributed by atoms with Crippen LogP contribution in [0.1, 0.15) is 0 Å². The van der Waals surface area contributed by atoms with E-state index in [1.54, 1.807) is 0 Å². The summed E-state index contributed by atoms with van der Waals surface area (Å²) in [5.41, 5.74) is 11.3. The lowest BCUT2D eigenvalue weighted by molar-refractivity contribution is 1.17. The number of hydrogen-bond donors (Lipinski definition) is 1. The first-order chi connectivity index (χ1) is 21.8. The molecule has 0 bridgehead atoms. The second-order valence-electron chi connectivity index (χ2n) is 10.7. The Bertz CT molecular complexity index is 2250. The second-order valence-corrected chi connectivity index (χ2v) is 10.7. The number of benzene rings is 5. The number of fused-ring (bicyclic) bond motifs is 3. The Morgan fingerprint density at radius 1 is 0.477 bits per heavy atom. The summed E-state index contributed by atoms with van der Waals surface area (Å²) < 4.78 is 2.33. The highest BCUT2D eigenvalue weighted by atomic mass is 15.0. The molecule has 0 saturated heterocycles. The minimum absolute atomic E-state index is 0.915. The number of rotatable bonds is 6. The monoisotopic (exact) mass is 564 g/mol. The summed E-state index contributed by atoms with van der Waals surface area (Å²) in [6, 6.07) is 54.5. The molecular formula is C40H28N4. The molecule has 0 spiro atoms. The molecule has 3 aromatic heterocycles. The van der Waals surface area contributed by atoms with Gasteiger partial charge in [-0.1, -0.05) is 109 Å². The van der Waals surface area contributed by atoms with Crippen molar-refractivity contribution in [2.75, 3.05) is 5.32 Å². The van der Waals surface area contributed by atoms with Crippen LogP contribution in [0, 0.1) is 0 Å². The number of hydrogen-bond acceptors (Lipinski definition) is 3. The molecule has 0 amide bonds. The summed E-state index contributed by atoms with van der Waals surface area (Å²) in [5.74, 6) is 0. The molecule has 0 atom stereocenters. The third-order valence-corrected chi connectivity index (χ3v) is 8.07. The maximum atomic E-state index is 5.05. The zero-order valence-electron chi connectivity index (χ0n) is 23.9. The van der Waals surface area contributed by atoms with Crippen molar-refractivity contribution in [3.63, 3.8) is 0 Å². The molecule has 0 saturated carbocycles. The van der Waals surface area contributed by atoms with Gasteiger partial charge in [0, 0.05) is 50.7 Å². The Morgan fingerprint density at radius 3 is 1.93 bits per heavy atom. The van der Waals surface area contributed by atoms with Gasteiger partial charge < -0.3 is 9.88 Å². The van der Waals surface area contributed by atoms with E-state index in [9.17, 15) is 0 Å². The van der Waals surface area contributed by atoms with Crippen molar-refractivity contribution in [1.29, 1.82) is 0 Å². The molecule has 0 radical (unpaired) electrons. The molecule has 8 aromatic rings. The lowest BCUT2D eigenvalue weighted by Crippen LogP contribution is -1.98. The number of nitrogens with zero attached hydrogens (tertiary/aromatic N) is 3. The second kappa shape index (κ2) is 11.0. The van der Waals surface area contributed by atoms with E-state index >= 15 is 0 Å². The Morgan fingerprint density at radius 2 is 1.11 bits per heavy atom. The maximum Gasteiger partial charge on any atom is 0.0823 e. The number of para-hydroxylation sites is 4. The van der Waals surface area contributed by atoms with E-state index in [0.29, 0.717) is 0 Å². The van der Waals surface area contributed by atoms with Gasteiger partial charge in [0.25, 0.3) is 0 Å². The molecule has 4 heteroatoms. The molecule has 0 aliphatic carbocycles. The molecule has 0 aliphatic heterocycles. The first-order valence-corrected chi connectivity index (χ1v) is 14.8. The van der Waals surface area contributed by atoms with Crippen LogP contribution < -0.4 is 5.32 Å². The molecule has 5 aromatic carbocycles. The van der Waals surface area contributed by atoms with Crippen molar-refractivity contribution >= 4 is 33.2 Å². The van der Waals surface area contributed by atoms with Gasteiger partial charge in [-0.3, -0.25) is 4.98 Å². The Hall–Kier alpha value is -6.00. The summed E-state index contributed by atoms with van der Waals surface area (Å²) in [6.07, 6.45) is 1.92. The minimum Gasteiger partial charge on any atom is -0.354 e. The van der Waals surface area contributed by atoms with E-state index in [4.69, 9.17) is 9.97 Å². The molecule has 8 rings (SSSR count). The molecule has 0 unspecified atom stereocenters. The van der Waals surface area contributed by atoms with Crippen LogP contribution in [0.3, 0.4) is 0 Å². The Balaban J connectivity index is 1.26. The van der Waals surface area contributed by atoms with Gasteiger partial charge in [0.05, 0.1) is 28.1 Å². The summed E-state index contributed by atoms with van der Waals surface area (Å²) in [6.45, 7) is 0. The normalized spacial score (nSPS) is 11.2. The zero-order chi connectivity index (χ0) is 29.3. The molecule has 3 heterocycles. The van der Waals surface area contributed by atoms with Crippen molar-refractivity contribution in [3.05, 3.63) is 164 Å². The summed E-state index contributed by atoms with van der Waals surface area (Å²) >= 11 is 0. The topological polar surface area (TPSA) is 42.7 Å². The Labute approximate surface area is 255 Å². The van der Waals surface area contributed by atoms with Gasteiger partial charge in [-0.05, 0) is 48.5 Å². The van der Waals surface area contributed by atoms with E-state index in [1.807, 2.05) is 24.4 Å². The first-order valence-electron chi connectivity index (χ1n) is 14.8. The fourth-order valence-electron chi connectivity index (χ4n) is 6.09. The molecule has 44 heavy (non-hydrogen) atoms. The van der Waals surface area contributed by atoms with Crippen molar-refractivity contribution < 1.29 is 0 Å². The van der Waals surface area contributed by atoms with E-state index in [1.165, 1.54) is 5.39 Å². The van der Waals surface area contributed by atoms with Gasteiger partial charge in [0.15, 0.2) is 0 Å². The highest BCUT2D eigenvalue weighted by Gasteiger charge is 2.19. The SMILES string of the molecule is c1ccc(-c2cccc(-c3ccccc3Nc3ccccc3-c3nccc4c3c3ccccc3n4-c3ccccc3)n2)cc1. The van der Waals surface area contributed by atoms with Gasteiger partial charge in [0.2, 0.25) is 0 Å². The van der Waals surface area contributed by atoms with E-state index in [2.05, 4.69) is 149 Å². The van der Waals surface area contributed by atoms with Crippen LogP contribution in [0.2, 0.25) is 0 Å². The molecule has 0 aliphatic rings. The van der Waals surface area contributed by atoms with Crippen LogP contribution in [0.25, 0.3) is 61.3 Å². The molecular weight excluding hydrogens is 536 g/mol. The first kappa shape index (κ1) is 25.7. The number of nitrogens with one attached hydrogen (secondary N) is 1. The third kappa shape index (κ3) is 4.50. The van der Waals surface area contributed by atoms with Crippen molar-refractivity contribution in [1.82, 2.24) is 14.5 Å². The summed E-state index contributed by atoms with van der Waals surface area (Å²) in [4.78, 5) is 10.0. The average Bonchev–Trinajstić information content (AvgIpc) is 3.44. The van der Waals surface area contributed by atoms with Crippen LogP contribution in [0.5, 0.6) is 0 Å². The molecule has 4 nitrogen and oxygen atoms in total. The van der Waals surface area contributed by atoms with E-state index in [0.717, 1.165) is 67.3 Å². The predicted octanol–water partition coefficient (Wildman–Crippen LogP) is 10.3. The fourth-order valence-corrected chi connectivity index (χ4v) is 6.09. The highest BCUT2D eigenvalue weighted by Crippen LogP contribution is 2.40. The van der Waals surface area contributed by atoms with Gasteiger partial charge in [-0.2, -0.15) is 0 Å². The van der Waals surface area contributed by atoms with Crippen LogP contribution in [0.4, 0.5) is 11.4 Å². The van der Waals surface area contributed by atoms with Gasteiger partial charge >= 0.3 is 0 Å². The molecule has 0 fully saturated rings. The van der Waals surface area contributed by atoms with Crippen LogP contribution in [-0.2, 0) is 0 Å². The third-order valence-electron chi connectivity index (χ3n) is 8.07. The van der Waals surface area contributed by atoms with E-state index in [-0.39, 0.29) is 0 Å². The highest BCUT2D eigenvalue weighted by molar-refractivity contribution is 6.15. The Kier molecular flexibility index (Phi) is 6.43. The zero-order valence-corrected chi connectivity index (χ0v) is 23.9. The smallest absolute Gasteiger partial charge is 0.0823 e. The lowest BCUT2D eigenvalue weighted by atomic mass is 10.0. The maximum absolute atomic E-state index is 5.05. The summed E-state index contributed by atoms with van der Waals surface area (Å²) in [5, 5.41) is 6.07. The van der Waals surface area contributed by atoms with Gasteiger partial charge in [-0.25, -0.2) is 4.98 Å². The predicted molar refractivity (Wildman–Crippen MR) is 182 cm³/mol. The van der Waals surface area contributed by atoms with E-state index < -0.39 is 0 Å². The van der Waals surface area contributed by atoms with Crippen LogP contribution in [0.15, 0.2) is 164 Å². The average molecular weight is 565 g/mol. The van der Waals surface area contributed by atoms with Crippen molar-refractivity contribution in [2.24, 2.45) is 0 Å². The number of aromatic nitrogens is 3. The van der Waals surface area contributed by atoms with Crippen molar-refractivity contribution in [3.8, 4) is 39.5 Å². The molecule has 208 valence electrons. The van der Waals surface area contributed by atoms with Crippen molar-refractivity contribution in [2.45, 2.75) is 0 Å². The van der Waals surface area contributed by atoms with Gasteiger partial charge in [0.1, 0.15) is 0 Å². The number of pyridine rings is 2. The number of anilines is 2. The van der Waals surface area contributed by atoms with Gasteiger partial charge in [-0.15, -0.1) is 0 Å². The van der Waals surface area contributed by atoms with Crippen LogP contribution >= 0.6 is 0 Å². The summed E-state index contributed by atoms with van der Waals surface area (Å²) in [7, 11) is 0. The fraction of sp³-hybridized carbons (Fsp3) is 0.